The normalized spacial score (nSPS) is 11.8. The summed E-state index contributed by atoms with van der Waals surface area (Å²) < 4.78 is 9.24. The number of methoxy groups -OCH3 is 1. The van der Waals surface area contributed by atoms with Crippen molar-refractivity contribution in [1.29, 1.82) is 0 Å². The Kier molecular flexibility index (Phi) is 20.8. The maximum Gasteiger partial charge on any atom is 0.320 e. The average Bonchev–Trinajstić information content (AvgIpc) is 2.58. The van der Waals surface area contributed by atoms with Gasteiger partial charge in [-0.3, -0.25) is 14.9 Å². The Morgan fingerprint density at radius 2 is 1.79 bits per heavy atom. The third-order valence-corrected chi connectivity index (χ3v) is 2.33. The van der Waals surface area contributed by atoms with E-state index >= 15 is 0 Å². The molecule has 0 aliphatic heterocycles. The molecule has 0 N–H and O–H groups in total. The van der Waals surface area contributed by atoms with Crippen molar-refractivity contribution in [3.05, 3.63) is 46.2 Å². The molecule has 0 heterocycles. The third-order valence-electron chi connectivity index (χ3n) is 2.33. The fourth-order valence-electron chi connectivity index (χ4n) is 1.31. The van der Waals surface area contributed by atoms with Crippen molar-refractivity contribution < 1.29 is 24.0 Å². The monoisotopic (exact) mass is 343 g/mol. The Bertz CT molecular complexity index is 438. The Labute approximate surface area is 144 Å². The second kappa shape index (κ2) is 18.8. The van der Waals surface area contributed by atoms with Gasteiger partial charge in [0.1, 0.15) is 12.2 Å². The molecule has 7 nitrogen and oxygen atoms in total. The van der Waals surface area contributed by atoms with E-state index < -0.39 is 22.5 Å². The van der Waals surface area contributed by atoms with Gasteiger partial charge in [0, 0.05) is 19.8 Å². The van der Waals surface area contributed by atoms with E-state index in [-0.39, 0.29) is 12.2 Å². The maximum atomic E-state index is 11.6. The van der Waals surface area contributed by atoms with Gasteiger partial charge in [-0.05, 0) is 20.8 Å². The van der Waals surface area contributed by atoms with Crippen LogP contribution in [-0.2, 0) is 19.1 Å². The molecule has 7 heteroatoms. The predicted molar refractivity (Wildman–Crippen MR) is 94.1 cm³/mol. The lowest BCUT2D eigenvalue weighted by molar-refractivity contribution is -0.420. The number of hydrogen-bond acceptors (Lipinski definition) is 6. The van der Waals surface area contributed by atoms with E-state index in [0.717, 1.165) is 12.7 Å². The summed E-state index contributed by atoms with van der Waals surface area (Å²) in [5, 5.41) is 10.8. The summed E-state index contributed by atoms with van der Waals surface area (Å²) in [5.41, 5.74) is -0.427. The predicted octanol–water partition coefficient (Wildman–Crippen LogP) is 3.34. The number of nitro groups is 1. The van der Waals surface area contributed by atoms with Gasteiger partial charge >= 0.3 is 5.97 Å². The zero-order chi connectivity index (χ0) is 19.5. The van der Waals surface area contributed by atoms with Crippen LogP contribution in [0.2, 0.25) is 0 Å². The zero-order valence-electron chi connectivity index (χ0n) is 15.4. The topological polar surface area (TPSA) is 95.7 Å². The number of hydrogen-bond donors (Lipinski definition) is 0. The minimum absolute atomic E-state index is 0.0362. The summed E-state index contributed by atoms with van der Waals surface area (Å²) in [5.74, 6) is -2.14. The molecule has 0 saturated heterocycles. The summed E-state index contributed by atoms with van der Waals surface area (Å²) in [6.07, 6.45) is 4.14. The van der Waals surface area contributed by atoms with Crippen molar-refractivity contribution in [2.24, 2.45) is 5.92 Å². The van der Waals surface area contributed by atoms with Crippen molar-refractivity contribution in [1.82, 2.24) is 0 Å². The summed E-state index contributed by atoms with van der Waals surface area (Å²) >= 11 is 0. The fourth-order valence-corrected chi connectivity index (χ4v) is 1.31. The van der Waals surface area contributed by atoms with Gasteiger partial charge in [-0.15, -0.1) is 0 Å². The summed E-state index contributed by atoms with van der Waals surface area (Å²) in [7, 11) is 1.68. The van der Waals surface area contributed by atoms with E-state index in [1.807, 2.05) is 20.8 Å². The Balaban J connectivity index is -0.000000636. The Morgan fingerprint density at radius 3 is 2.04 bits per heavy atom. The maximum absolute atomic E-state index is 11.6. The van der Waals surface area contributed by atoms with Gasteiger partial charge in [0.05, 0.1) is 17.1 Å². The van der Waals surface area contributed by atoms with E-state index in [4.69, 9.17) is 4.74 Å². The van der Waals surface area contributed by atoms with Crippen LogP contribution in [-0.4, -0.2) is 37.5 Å². The Morgan fingerprint density at radius 1 is 1.29 bits per heavy atom. The number of rotatable bonds is 8. The highest BCUT2D eigenvalue weighted by Crippen LogP contribution is 2.19. The largest absolute Gasteiger partial charge is 0.465 e. The number of aldehydes is 1. The lowest BCUT2D eigenvalue weighted by atomic mass is 9.98. The molecule has 0 aliphatic carbocycles. The van der Waals surface area contributed by atoms with Gasteiger partial charge in [-0.2, -0.15) is 0 Å². The summed E-state index contributed by atoms with van der Waals surface area (Å²) in [4.78, 5) is 32.6. The molecule has 0 aromatic carbocycles. The highest BCUT2D eigenvalue weighted by atomic mass is 16.6. The first-order valence-corrected chi connectivity index (χ1v) is 7.69. The first-order valence-electron chi connectivity index (χ1n) is 7.69. The van der Waals surface area contributed by atoms with Crippen LogP contribution in [0, 0.1) is 16.0 Å². The molecule has 24 heavy (non-hydrogen) atoms. The van der Waals surface area contributed by atoms with Crippen LogP contribution in [0.25, 0.3) is 0 Å². The molecule has 0 fully saturated rings. The van der Waals surface area contributed by atoms with E-state index in [1.165, 1.54) is 12.2 Å². The minimum atomic E-state index is -1.32. The minimum Gasteiger partial charge on any atom is -0.465 e. The molecule has 138 valence electrons. The van der Waals surface area contributed by atoms with Crippen LogP contribution in [0.5, 0.6) is 0 Å². The van der Waals surface area contributed by atoms with Gasteiger partial charge in [0.25, 0.3) is 5.70 Å². The van der Waals surface area contributed by atoms with Gasteiger partial charge < -0.3 is 14.3 Å². The van der Waals surface area contributed by atoms with Crippen molar-refractivity contribution in [3.8, 4) is 0 Å². The number of ether oxygens (including phenoxy) is 2. The first-order chi connectivity index (χ1) is 11.4. The molecule has 0 radical (unpaired) electrons. The third kappa shape index (κ3) is 11.3. The summed E-state index contributed by atoms with van der Waals surface area (Å²) in [6.45, 7) is 13.4. The SMILES string of the molecule is C=C/C(=C(\C=C/C)C(C=O)C(=O)OCC)[N+](=O)[O-].CC.CCOC. The second-order valence-electron chi connectivity index (χ2n) is 3.74. The van der Waals surface area contributed by atoms with Gasteiger partial charge in [-0.25, -0.2) is 0 Å². The summed E-state index contributed by atoms with van der Waals surface area (Å²) in [6, 6.07) is 0. The van der Waals surface area contributed by atoms with Crippen LogP contribution >= 0.6 is 0 Å². The van der Waals surface area contributed by atoms with E-state index in [9.17, 15) is 19.7 Å². The van der Waals surface area contributed by atoms with Crippen molar-refractivity contribution >= 4 is 12.3 Å². The smallest absolute Gasteiger partial charge is 0.320 e. The first kappa shape index (κ1) is 26.6. The molecule has 0 aromatic rings. The van der Waals surface area contributed by atoms with Crippen molar-refractivity contribution in [2.45, 2.75) is 34.6 Å². The fraction of sp³-hybridized carbons (Fsp3) is 0.529. The molecule has 0 spiro atoms. The molecule has 1 atom stereocenters. The molecular weight excluding hydrogens is 314 g/mol. The molecule has 0 aromatic heterocycles. The second-order valence-corrected chi connectivity index (χ2v) is 3.74. The number of carbonyl (C=O) groups is 2. The van der Waals surface area contributed by atoms with Crippen LogP contribution in [0.4, 0.5) is 0 Å². The van der Waals surface area contributed by atoms with Gasteiger partial charge in [-0.1, -0.05) is 32.6 Å². The average molecular weight is 343 g/mol. The highest BCUT2D eigenvalue weighted by molar-refractivity contribution is 5.92. The molecule has 0 bridgehead atoms. The van der Waals surface area contributed by atoms with Crippen LogP contribution < -0.4 is 0 Å². The molecule has 0 aliphatic rings. The van der Waals surface area contributed by atoms with Gasteiger partial charge in [0.2, 0.25) is 0 Å². The quantitative estimate of drug-likeness (QED) is 0.167. The molecule has 1 unspecified atom stereocenters. The molecule has 0 amide bonds. The van der Waals surface area contributed by atoms with Crippen LogP contribution in [0.15, 0.2) is 36.1 Å². The number of nitrogens with zero attached hydrogens (tertiary/aromatic N) is 1. The molecule has 0 rings (SSSR count). The van der Waals surface area contributed by atoms with Crippen LogP contribution in [0.3, 0.4) is 0 Å². The lowest BCUT2D eigenvalue weighted by Gasteiger charge is -2.10. The highest BCUT2D eigenvalue weighted by Gasteiger charge is 2.28. The van der Waals surface area contributed by atoms with E-state index in [0.29, 0.717) is 6.29 Å². The van der Waals surface area contributed by atoms with Gasteiger partial charge in [0.15, 0.2) is 0 Å². The van der Waals surface area contributed by atoms with E-state index in [2.05, 4.69) is 11.3 Å². The number of esters is 1. The standard InChI is InChI=1S/C12H15NO5.C3H8O.C2H6/c1-4-7-9(11(5-2)13(16)17)10(8-14)12(15)18-6-3;1-3-4-2;1-2/h4-5,7-8,10H,2,6H2,1,3H3;3H2,1-2H3;1-2H3/b7-4-,11-9-;;. The number of allylic oxidation sites excluding steroid dienone is 3. The molecular formula is C17H29NO6. The molecule has 0 saturated carbocycles. The zero-order valence-corrected chi connectivity index (χ0v) is 15.4. The van der Waals surface area contributed by atoms with Crippen LogP contribution in [0.1, 0.15) is 34.6 Å². The van der Waals surface area contributed by atoms with E-state index in [1.54, 1.807) is 21.0 Å². The lowest BCUT2D eigenvalue weighted by Crippen LogP contribution is -2.22. The van der Waals surface area contributed by atoms with Crippen molar-refractivity contribution in [3.63, 3.8) is 0 Å². The van der Waals surface area contributed by atoms with Crippen molar-refractivity contribution in [2.75, 3.05) is 20.3 Å². The number of carbonyl (C=O) groups excluding carboxylic acids is 2. The Hall–Kier alpha value is -2.28.